The molecule has 1 aromatic heterocycles. The number of hydrogen-bond donors (Lipinski definition) is 0. The molecule has 0 aliphatic carbocycles. The molecule has 0 atom stereocenters. The van der Waals surface area contributed by atoms with E-state index in [1.54, 1.807) is 7.11 Å². The maximum absolute atomic E-state index is 5.70. The summed E-state index contributed by atoms with van der Waals surface area (Å²) in [6, 6.07) is 0. The molecule has 0 saturated heterocycles. The van der Waals surface area contributed by atoms with Crippen LogP contribution >= 0.6 is 38.9 Å². The molecular weight excluding hydrogens is 223 g/mol. The van der Waals surface area contributed by atoms with Crippen molar-refractivity contribution in [3.63, 3.8) is 0 Å². The average Bonchev–Trinajstić information content (AvgIpc) is 2.15. The summed E-state index contributed by atoms with van der Waals surface area (Å²) in [4.78, 5) is 0. The van der Waals surface area contributed by atoms with Crippen LogP contribution in [0.2, 0.25) is 4.34 Å². The van der Waals surface area contributed by atoms with Gasteiger partial charge in [-0.15, -0.1) is 11.3 Å². The summed E-state index contributed by atoms with van der Waals surface area (Å²) in [5.41, 5.74) is 0. The smallest absolute Gasteiger partial charge is 0.145 e. The fourth-order valence-corrected chi connectivity index (χ4v) is 2.01. The highest BCUT2D eigenvalue weighted by molar-refractivity contribution is 9.10. The van der Waals surface area contributed by atoms with Gasteiger partial charge in [0.2, 0.25) is 0 Å². The molecule has 1 heterocycles. The summed E-state index contributed by atoms with van der Waals surface area (Å²) in [5.74, 6) is 0.796. The van der Waals surface area contributed by atoms with Crippen LogP contribution in [0.3, 0.4) is 0 Å². The van der Waals surface area contributed by atoms with Crippen LogP contribution in [0.5, 0.6) is 5.75 Å². The Morgan fingerprint density at radius 1 is 1.78 bits per heavy atom. The Morgan fingerprint density at radius 2 is 2.44 bits per heavy atom. The molecule has 0 saturated carbocycles. The fraction of sp³-hybridized carbons (Fsp3) is 0.200. The van der Waals surface area contributed by atoms with Crippen molar-refractivity contribution in [1.29, 1.82) is 0 Å². The van der Waals surface area contributed by atoms with E-state index in [1.807, 2.05) is 5.38 Å². The van der Waals surface area contributed by atoms with Crippen molar-refractivity contribution < 1.29 is 4.74 Å². The van der Waals surface area contributed by atoms with E-state index in [0.29, 0.717) is 0 Å². The normalized spacial score (nSPS) is 9.67. The van der Waals surface area contributed by atoms with Crippen LogP contribution in [-0.4, -0.2) is 7.11 Å². The second kappa shape index (κ2) is 2.90. The van der Waals surface area contributed by atoms with E-state index in [-0.39, 0.29) is 0 Å². The van der Waals surface area contributed by atoms with Crippen LogP contribution in [0.1, 0.15) is 0 Å². The van der Waals surface area contributed by atoms with Crippen LogP contribution in [0.25, 0.3) is 0 Å². The monoisotopic (exact) mass is 226 g/mol. The third kappa shape index (κ3) is 1.39. The zero-order valence-corrected chi connectivity index (χ0v) is 7.81. The lowest BCUT2D eigenvalue weighted by atomic mass is 10.6. The van der Waals surface area contributed by atoms with Gasteiger partial charge in [-0.3, -0.25) is 0 Å². The van der Waals surface area contributed by atoms with E-state index in [1.165, 1.54) is 11.3 Å². The predicted octanol–water partition coefficient (Wildman–Crippen LogP) is 3.17. The molecule has 9 heavy (non-hydrogen) atoms. The standard InChI is InChI=1S/C5H4BrClOS/c1-8-3-2-9-5(7)4(3)6/h2H,1H3. The molecule has 0 fully saturated rings. The van der Waals surface area contributed by atoms with Gasteiger partial charge in [0.25, 0.3) is 0 Å². The highest BCUT2D eigenvalue weighted by atomic mass is 79.9. The van der Waals surface area contributed by atoms with Crippen LogP contribution in [0.15, 0.2) is 9.85 Å². The quantitative estimate of drug-likeness (QED) is 0.716. The Kier molecular flexibility index (Phi) is 2.38. The van der Waals surface area contributed by atoms with Gasteiger partial charge in [0.1, 0.15) is 10.1 Å². The number of methoxy groups -OCH3 is 1. The third-order valence-electron chi connectivity index (χ3n) is 0.878. The molecule has 0 aliphatic rings. The molecule has 0 amide bonds. The van der Waals surface area contributed by atoms with Gasteiger partial charge >= 0.3 is 0 Å². The van der Waals surface area contributed by atoms with Gasteiger partial charge in [-0.1, -0.05) is 11.6 Å². The summed E-state index contributed by atoms with van der Waals surface area (Å²) in [6.07, 6.45) is 0. The van der Waals surface area contributed by atoms with Gasteiger partial charge in [-0.05, 0) is 15.9 Å². The number of halogens is 2. The SMILES string of the molecule is COc1csc(Cl)c1Br. The lowest BCUT2D eigenvalue weighted by molar-refractivity contribution is 0.414. The molecule has 0 aromatic carbocycles. The molecule has 0 bridgehead atoms. The maximum Gasteiger partial charge on any atom is 0.145 e. The Bertz CT molecular complexity index is 211. The summed E-state index contributed by atoms with van der Waals surface area (Å²) in [7, 11) is 1.61. The Morgan fingerprint density at radius 3 is 2.67 bits per heavy atom. The summed E-state index contributed by atoms with van der Waals surface area (Å²) in [6.45, 7) is 0. The fourth-order valence-electron chi connectivity index (χ4n) is 0.443. The lowest BCUT2D eigenvalue weighted by Crippen LogP contribution is -1.77. The van der Waals surface area contributed by atoms with Crippen molar-refractivity contribution in [2.24, 2.45) is 0 Å². The van der Waals surface area contributed by atoms with Crippen molar-refractivity contribution >= 4 is 38.9 Å². The molecule has 50 valence electrons. The molecule has 0 radical (unpaired) electrons. The van der Waals surface area contributed by atoms with E-state index >= 15 is 0 Å². The topological polar surface area (TPSA) is 9.23 Å². The van der Waals surface area contributed by atoms with E-state index in [9.17, 15) is 0 Å². The average molecular weight is 228 g/mol. The zero-order chi connectivity index (χ0) is 6.85. The van der Waals surface area contributed by atoms with Crippen LogP contribution in [0, 0.1) is 0 Å². The minimum atomic E-state index is 0.729. The van der Waals surface area contributed by atoms with Crippen LogP contribution < -0.4 is 4.74 Å². The van der Waals surface area contributed by atoms with Crippen molar-refractivity contribution in [2.45, 2.75) is 0 Å². The Labute approximate surface area is 70.7 Å². The number of hydrogen-bond acceptors (Lipinski definition) is 2. The predicted molar refractivity (Wildman–Crippen MR) is 43.6 cm³/mol. The summed E-state index contributed by atoms with van der Waals surface area (Å²) in [5, 5.41) is 1.85. The molecule has 0 N–H and O–H groups in total. The molecule has 1 nitrogen and oxygen atoms in total. The van der Waals surface area contributed by atoms with E-state index in [0.717, 1.165) is 14.6 Å². The minimum Gasteiger partial charge on any atom is -0.495 e. The zero-order valence-electron chi connectivity index (χ0n) is 4.65. The highest BCUT2D eigenvalue weighted by Gasteiger charge is 2.05. The van der Waals surface area contributed by atoms with Gasteiger partial charge in [0.15, 0.2) is 0 Å². The first-order valence-corrected chi connectivity index (χ1v) is 4.27. The van der Waals surface area contributed by atoms with Crippen LogP contribution in [0.4, 0.5) is 0 Å². The summed E-state index contributed by atoms with van der Waals surface area (Å²) < 4.78 is 6.52. The first-order chi connectivity index (χ1) is 4.25. The van der Waals surface area contributed by atoms with Gasteiger partial charge < -0.3 is 4.74 Å². The second-order valence-corrected chi connectivity index (χ2v) is 3.67. The molecule has 4 heteroatoms. The molecule has 1 rings (SSSR count). The van der Waals surface area contributed by atoms with Crippen molar-refractivity contribution in [3.8, 4) is 5.75 Å². The molecular formula is C5H4BrClOS. The Hall–Kier alpha value is 0.270. The van der Waals surface area contributed by atoms with Crippen LogP contribution in [-0.2, 0) is 0 Å². The van der Waals surface area contributed by atoms with Crippen molar-refractivity contribution in [1.82, 2.24) is 0 Å². The molecule has 1 aromatic rings. The summed E-state index contributed by atoms with van der Waals surface area (Å²) >= 11 is 10.4. The number of rotatable bonds is 1. The van der Waals surface area contributed by atoms with E-state index in [4.69, 9.17) is 16.3 Å². The minimum absolute atomic E-state index is 0.729. The largest absolute Gasteiger partial charge is 0.495 e. The number of thiophene rings is 1. The Balaban J connectivity index is 3.04. The molecule has 0 unspecified atom stereocenters. The highest BCUT2D eigenvalue weighted by Crippen LogP contribution is 2.37. The van der Waals surface area contributed by atoms with Gasteiger partial charge in [-0.25, -0.2) is 0 Å². The van der Waals surface area contributed by atoms with Crippen molar-refractivity contribution in [3.05, 3.63) is 14.2 Å². The van der Waals surface area contributed by atoms with E-state index < -0.39 is 0 Å². The van der Waals surface area contributed by atoms with Gasteiger partial charge in [0.05, 0.1) is 11.6 Å². The molecule has 0 spiro atoms. The van der Waals surface area contributed by atoms with Gasteiger partial charge in [-0.2, -0.15) is 0 Å². The number of ether oxygens (including phenoxy) is 1. The van der Waals surface area contributed by atoms with Gasteiger partial charge in [0, 0.05) is 5.38 Å². The van der Waals surface area contributed by atoms with Crippen molar-refractivity contribution in [2.75, 3.05) is 7.11 Å². The molecule has 0 aliphatic heterocycles. The third-order valence-corrected chi connectivity index (χ3v) is 3.36. The maximum atomic E-state index is 5.70. The second-order valence-electron chi connectivity index (χ2n) is 1.39. The first-order valence-electron chi connectivity index (χ1n) is 2.22. The van der Waals surface area contributed by atoms with E-state index in [2.05, 4.69) is 15.9 Å². The first kappa shape index (κ1) is 7.38. The lowest BCUT2D eigenvalue weighted by Gasteiger charge is -1.92.